The third-order valence-electron chi connectivity index (χ3n) is 2.43. The van der Waals surface area contributed by atoms with Crippen molar-refractivity contribution in [3.05, 3.63) is 30.3 Å². The molecule has 6 heteroatoms. The lowest BCUT2D eigenvalue weighted by atomic mass is 10.1. The van der Waals surface area contributed by atoms with E-state index in [1.807, 2.05) is 0 Å². The molecule has 0 atom stereocenters. The molecule has 19 heavy (non-hydrogen) atoms. The molecule has 90 valence electrons. The first-order valence-electron chi connectivity index (χ1n) is 5.10. The second-order valence-corrected chi connectivity index (χ2v) is 3.45. The third-order valence-corrected chi connectivity index (χ3v) is 2.43. The van der Waals surface area contributed by atoms with Gasteiger partial charge >= 0.3 is 0 Å². The van der Waals surface area contributed by atoms with E-state index < -0.39 is 0 Å². The van der Waals surface area contributed by atoms with Crippen LogP contribution in [0.3, 0.4) is 0 Å². The zero-order chi connectivity index (χ0) is 13.7. The van der Waals surface area contributed by atoms with Crippen molar-refractivity contribution in [2.75, 3.05) is 0 Å². The van der Waals surface area contributed by atoms with Crippen LogP contribution in [0.1, 0.15) is 0 Å². The number of nitrogens with zero attached hydrogens (tertiary/aromatic N) is 3. The molecule has 0 spiro atoms. The minimum atomic E-state index is 0.219. The van der Waals surface area contributed by atoms with Crippen LogP contribution in [-0.2, 0) is 14.4 Å². The molecule has 0 bridgehead atoms. The maximum absolute atomic E-state index is 10.4. The van der Waals surface area contributed by atoms with Gasteiger partial charge in [-0.25, -0.2) is 14.4 Å². The van der Waals surface area contributed by atoms with Gasteiger partial charge in [0.25, 0.3) is 0 Å². The molecule has 0 saturated carbocycles. The molecule has 0 aliphatic carbocycles. The van der Waals surface area contributed by atoms with E-state index in [9.17, 15) is 14.4 Å². The number of rotatable bonds is 3. The number of carbonyl (C=O) groups excluding carboxylic acids is 3. The van der Waals surface area contributed by atoms with Gasteiger partial charge in [-0.2, -0.15) is 15.0 Å². The fraction of sp³-hybridized carbons (Fsp3) is 0. The van der Waals surface area contributed by atoms with Crippen LogP contribution in [-0.4, -0.2) is 18.2 Å². The highest BCUT2D eigenvalue weighted by Gasteiger charge is 2.08. The second kappa shape index (κ2) is 5.45. The van der Waals surface area contributed by atoms with Crippen LogP contribution >= 0.6 is 0 Å². The molecule has 0 amide bonds. The Labute approximate surface area is 106 Å². The first-order chi connectivity index (χ1) is 9.30. The fourth-order valence-electron chi connectivity index (χ4n) is 1.77. The topological polar surface area (TPSA) is 88.3 Å². The van der Waals surface area contributed by atoms with E-state index in [1.54, 1.807) is 24.3 Å². The maximum Gasteiger partial charge on any atom is 0.240 e. The van der Waals surface area contributed by atoms with E-state index in [-0.39, 0.29) is 5.69 Å². The lowest BCUT2D eigenvalue weighted by molar-refractivity contribution is 0.564. The minimum Gasteiger partial charge on any atom is -0.211 e. The highest BCUT2D eigenvalue weighted by Crippen LogP contribution is 2.37. The Balaban J connectivity index is 2.93. The molecule has 0 fully saturated rings. The van der Waals surface area contributed by atoms with E-state index in [4.69, 9.17) is 0 Å². The minimum absolute atomic E-state index is 0.219. The van der Waals surface area contributed by atoms with Crippen LogP contribution in [0.15, 0.2) is 45.3 Å². The average Bonchev–Trinajstić information content (AvgIpc) is 2.40. The molecule has 0 unspecified atom stereocenters. The number of hydrogen-bond acceptors (Lipinski definition) is 6. The van der Waals surface area contributed by atoms with Crippen LogP contribution in [0.25, 0.3) is 10.8 Å². The highest BCUT2D eigenvalue weighted by atomic mass is 16.1. The van der Waals surface area contributed by atoms with Gasteiger partial charge < -0.3 is 0 Å². The molecule has 0 aliphatic heterocycles. The second-order valence-electron chi connectivity index (χ2n) is 3.45. The molecule has 2 rings (SSSR count). The van der Waals surface area contributed by atoms with Crippen molar-refractivity contribution < 1.29 is 14.4 Å². The predicted molar refractivity (Wildman–Crippen MR) is 67.3 cm³/mol. The van der Waals surface area contributed by atoms with Gasteiger partial charge in [-0.1, -0.05) is 12.1 Å². The standard InChI is InChI=1S/C13H5N3O3/c17-6-14-10-4-9-2-1-3-11(15-7-18)13(9)12(5-10)16-8-19/h1-5H. The lowest BCUT2D eigenvalue weighted by Gasteiger charge is -2.04. The number of isocyanates is 3. The molecular formula is C13H5N3O3. The van der Waals surface area contributed by atoms with Crippen molar-refractivity contribution in [1.29, 1.82) is 0 Å². The molecule has 2 aromatic carbocycles. The van der Waals surface area contributed by atoms with Gasteiger partial charge in [0.2, 0.25) is 18.2 Å². The van der Waals surface area contributed by atoms with Crippen molar-refractivity contribution in [2.24, 2.45) is 15.0 Å². The number of fused-ring (bicyclic) bond motifs is 1. The molecule has 0 aromatic heterocycles. The summed E-state index contributed by atoms with van der Waals surface area (Å²) in [6.45, 7) is 0. The summed E-state index contributed by atoms with van der Waals surface area (Å²) in [6, 6.07) is 7.96. The Bertz CT molecular complexity index is 794. The molecule has 0 heterocycles. The van der Waals surface area contributed by atoms with Crippen LogP contribution in [0.5, 0.6) is 0 Å². The van der Waals surface area contributed by atoms with Crippen molar-refractivity contribution in [3.8, 4) is 0 Å². The molecule has 6 nitrogen and oxygen atoms in total. The first kappa shape index (κ1) is 12.3. The monoisotopic (exact) mass is 251 g/mol. The van der Waals surface area contributed by atoms with Gasteiger partial charge in [-0.15, -0.1) is 0 Å². The first-order valence-corrected chi connectivity index (χ1v) is 5.10. The molecular weight excluding hydrogens is 246 g/mol. The normalized spacial score (nSPS) is 9.05. The van der Waals surface area contributed by atoms with Crippen molar-refractivity contribution in [3.63, 3.8) is 0 Å². The van der Waals surface area contributed by atoms with Crippen LogP contribution in [0.4, 0.5) is 17.1 Å². The van der Waals surface area contributed by atoms with Gasteiger partial charge in [0, 0.05) is 5.39 Å². The van der Waals surface area contributed by atoms with Gasteiger partial charge in [-0.3, -0.25) is 0 Å². The lowest BCUT2D eigenvalue weighted by Crippen LogP contribution is -1.77. The van der Waals surface area contributed by atoms with Crippen LogP contribution in [0.2, 0.25) is 0 Å². The summed E-state index contributed by atoms with van der Waals surface area (Å²) in [5, 5.41) is 1.11. The smallest absolute Gasteiger partial charge is 0.211 e. The third kappa shape index (κ3) is 2.41. The zero-order valence-corrected chi connectivity index (χ0v) is 9.45. The van der Waals surface area contributed by atoms with Crippen molar-refractivity contribution in [1.82, 2.24) is 0 Å². The van der Waals surface area contributed by atoms with Crippen molar-refractivity contribution >= 4 is 46.1 Å². The Hall–Kier alpha value is -3.16. The Morgan fingerprint density at radius 1 is 0.789 bits per heavy atom. The van der Waals surface area contributed by atoms with Crippen LogP contribution in [0, 0.1) is 0 Å². The van der Waals surface area contributed by atoms with E-state index >= 15 is 0 Å². The SMILES string of the molecule is O=C=Nc1cc(N=C=O)c2c(N=C=O)cccc2c1. The highest BCUT2D eigenvalue weighted by molar-refractivity contribution is 6.03. The molecule has 0 N–H and O–H groups in total. The summed E-state index contributed by atoms with van der Waals surface area (Å²) >= 11 is 0. The van der Waals surface area contributed by atoms with Crippen LogP contribution < -0.4 is 0 Å². The summed E-state index contributed by atoms with van der Waals surface area (Å²) in [4.78, 5) is 41.7. The molecule has 2 aromatic rings. The zero-order valence-electron chi connectivity index (χ0n) is 9.45. The summed E-state index contributed by atoms with van der Waals surface area (Å²) in [5.74, 6) is 0. The largest absolute Gasteiger partial charge is 0.240 e. The number of benzene rings is 2. The van der Waals surface area contributed by atoms with E-state index in [1.165, 1.54) is 24.3 Å². The quantitative estimate of drug-likeness (QED) is 0.620. The summed E-state index contributed by atoms with van der Waals surface area (Å²) in [6.07, 6.45) is 4.25. The molecule has 0 saturated heterocycles. The summed E-state index contributed by atoms with van der Waals surface area (Å²) in [5.41, 5.74) is 0.836. The summed E-state index contributed by atoms with van der Waals surface area (Å²) < 4.78 is 0. The fourth-order valence-corrected chi connectivity index (χ4v) is 1.77. The Morgan fingerprint density at radius 3 is 2.16 bits per heavy atom. The predicted octanol–water partition coefficient (Wildman–Crippen LogP) is 2.74. The van der Waals surface area contributed by atoms with Gasteiger partial charge in [0.15, 0.2) is 0 Å². The van der Waals surface area contributed by atoms with E-state index in [2.05, 4.69) is 15.0 Å². The van der Waals surface area contributed by atoms with Crippen molar-refractivity contribution in [2.45, 2.75) is 0 Å². The Kier molecular flexibility index (Phi) is 3.53. The molecule has 0 radical (unpaired) electrons. The van der Waals surface area contributed by atoms with Gasteiger partial charge in [0.05, 0.1) is 17.1 Å². The van der Waals surface area contributed by atoms with E-state index in [0.717, 1.165) is 0 Å². The average molecular weight is 251 g/mol. The van der Waals surface area contributed by atoms with E-state index in [0.29, 0.717) is 22.1 Å². The maximum atomic E-state index is 10.4. The Morgan fingerprint density at radius 2 is 1.47 bits per heavy atom. The van der Waals surface area contributed by atoms with Gasteiger partial charge in [-0.05, 0) is 23.6 Å². The van der Waals surface area contributed by atoms with Gasteiger partial charge in [0.1, 0.15) is 0 Å². The number of hydrogen-bond donors (Lipinski definition) is 0. The number of aliphatic imine (C=N–C) groups is 3. The summed E-state index contributed by atoms with van der Waals surface area (Å²) in [7, 11) is 0. The molecule has 0 aliphatic rings.